The van der Waals surface area contributed by atoms with Gasteiger partial charge >= 0.3 is 0 Å². The van der Waals surface area contributed by atoms with Crippen LogP contribution in [0.15, 0.2) is 28.0 Å². The van der Waals surface area contributed by atoms with Gasteiger partial charge in [0.2, 0.25) is 15.9 Å². The minimum Gasteiger partial charge on any atom is -0.342 e. The number of amides is 1. The Bertz CT molecular complexity index is 716. The predicted molar refractivity (Wildman–Crippen MR) is 86.6 cm³/mol. The van der Waals surface area contributed by atoms with Crippen LogP contribution in [0, 0.1) is 0 Å². The van der Waals surface area contributed by atoms with E-state index in [2.05, 4.69) is 0 Å². The van der Waals surface area contributed by atoms with Crippen molar-refractivity contribution in [3.05, 3.63) is 28.7 Å². The van der Waals surface area contributed by atoms with Gasteiger partial charge in [0, 0.05) is 38.4 Å². The second kappa shape index (κ2) is 7.27. The first-order valence-electron chi connectivity index (χ1n) is 7.88. The van der Waals surface area contributed by atoms with Gasteiger partial charge in [-0.2, -0.15) is 4.31 Å². The number of nitrogens with zero attached hydrogens (tertiary/aromatic N) is 3. The zero-order valence-corrected chi connectivity index (χ0v) is 14.4. The Labute approximate surface area is 136 Å². The first-order valence-corrected chi connectivity index (χ1v) is 9.32. The molecule has 0 saturated carbocycles. The first kappa shape index (κ1) is 17.7. The van der Waals surface area contributed by atoms with Crippen LogP contribution in [0.5, 0.6) is 0 Å². The summed E-state index contributed by atoms with van der Waals surface area (Å²) >= 11 is 0. The van der Waals surface area contributed by atoms with Crippen LogP contribution in [0.25, 0.3) is 0 Å². The lowest BCUT2D eigenvalue weighted by Crippen LogP contribution is -2.36. The quantitative estimate of drug-likeness (QED) is 0.755. The molecule has 1 aliphatic rings. The van der Waals surface area contributed by atoms with Gasteiger partial charge in [0.15, 0.2) is 0 Å². The van der Waals surface area contributed by atoms with E-state index >= 15 is 0 Å². The van der Waals surface area contributed by atoms with Crippen LogP contribution in [0.4, 0.5) is 0 Å². The van der Waals surface area contributed by atoms with Crippen molar-refractivity contribution in [1.82, 2.24) is 13.8 Å². The number of hydrogen-bond donors (Lipinski definition) is 0. The lowest BCUT2D eigenvalue weighted by atomic mass is 10.4. The highest BCUT2D eigenvalue weighted by Crippen LogP contribution is 2.19. The number of carbonyl (C=O) groups excluding carboxylic acids is 1. The summed E-state index contributed by atoms with van der Waals surface area (Å²) in [6.45, 7) is 5.67. The summed E-state index contributed by atoms with van der Waals surface area (Å²) in [4.78, 5) is 25.8. The number of pyridine rings is 1. The SMILES string of the molecule is CCN(CC)C(=O)Cn1cc(S(=O)(=O)N2CCCC2)ccc1=O. The highest BCUT2D eigenvalue weighted by atomic mass is 32.2. The molecule has 0 atom stereocenters. The zero-order chi connectivity index (χ0) is 17.0. The fourth-order valence-corrected chi connectivity index (χ4v) is 4.22. The third-order valence-corrected chi connectivity index (χ3v) is 5.96. The molecule has 8 heteroatoms. The summed E-state index contributed by atoms with van der Waals surface area (Å²) in [7, 11) is -3.60. The van der Waals surface area contributed by atoms with Gasteiger partial charge in [0.1, 0.15) is 6.54 Å². The number of sulfonamides is 1. The van der Waals surface area contributed by atoms with Gasteiger partial charge in [-0.25, -0.2) is 8.42 Å². The maximum Gasteiger partial charge on any atom is 0.251 e. The van der Waals surface area contributed by atoms with E-state index < -0.39 is 10.0 Å². The average Bonchev–Trinajstić information content (AvgIpc) is 3.05. The van der Waals surface area contributed by atoms with Crippen molar-refractivity contribution in [1.29, 1.82) is 0 Å². The van der Waals surface area contributed by atoms with Crippen LogP contribution in [0.3, 0.4) is 0 Å². The topological polar surface area (TPSA) is 79.7 Å². The molecule has 128 valence electrons. The van der Waals surface area contributed by atoms with Gasteiger partial charge in [0.25, 0.3) is 5.56 Å². The first-order chi connectivity index (χ1) is 10.9. The molecule has 0 radical (unpaired) electrons. The van der Waals surface area contributed by atoms with E-state index in [0.717, 1.165) is 12.8 Å². The standard InChI is InChI=1S/C15H23N3O4S/c1-3-16(4-2)15(20)12-17-11-13(7-8-14(17)19)23(21,22)18-9-5-6-10-18/h7-8,11H,3-6,9-10,12H2,1-2H3. The maximum atomic E-state index is 12.5. The van der Waals surface area contributed by atoms with E-state index in [-0.39, 0.29) is 22.9 Å². The third kappa shape index (κ3) is 3.81. The highest BCUT2D eigenvalue weighted by molar-refractivity contribution is 7.89. The number of rotatable bonds is 6. The van der Waals surface area contributed by atoms with Crippen molar-refractivity contribution in [3.8, 4) is 0 Å². The number of carbonyl (C=O) groups is 1. The summed E-state index contributed by atoms with van der Waals surface area (Å²) < 4.78 is 27.7. The van der Waals surface area contributed by atoms with E-state index in [1.807, 2.05) is 13.8 Å². The van der Waals surface area contributed by atoms with Gasteiger partial charge in [-0.15, -0.1) is 0 Å². The Morgan fingerprint density at radius 1 is 1.17 bits per heavy atom. The fourth-order valence-electron chi connectivity index (χ4n) is 2.69. The zero-order valence-electron chi connectivity index (χ0n) is 13.6. The summed E-state index contributed by atoms with van der Waals surface area (Å²) in [5.74, 6) is -0.201. The lowest BCUT2D eigenvalue weighted by molar-refractivity contribution is -0.131. The Kier molecular flexibility index (Phi) is 5.59. The molecule has 2 heterocycles. The predicted octanol–water partition coefficient (Wildman–Crippen LogP) is 0.501. The molecule has 7 nitrogen and oxygen atoms in total. The number of hydrogen-bond acceptors (Lipinski definition) is 4. The van der Waals surface area contributed by atoms with Crippen molar-refractivity contribution < 1.29 is 13.2 Å². The lowest BCUT2D eigenvalue weighted by Gasteiger charge is -2.20. The van der Waals surface area contributed by atoms with Crippen molar-refractivity contribution >= 4 is 15.9 Å². The fraction of sp³-hybridized carbons (Fsp3) is 0.600. The summed E-state index contributed by atoms with van der Waals surface area (Å²) in [5, 5.41) is 0. The van der Waals surface area contributed by atoms with Crippen LogP contribution in [-0.4, -0.2) is 54.3 Å². The van der Waals surface area contributed by atoms with Gasteiger partial charge < -0.3 is 9.47 Å². The Hall–Kier alpha value is -1.67. The molecule has 1 fully saturated rings. The second-order valence-electron chi connectivity index (χ2n) is 5.51. The molecule has 0 bridgehead atoms. The molecule has 0 spiro atoms. The van der Waals surface area contributed by atoms with E-state index in [9.17, 15) is 18.0 Å². The minimum absolute atomic E-state index is 0.0614. The van der Waals surface area contributed by atoms with Gasteiger partial charge in [-0.05, 0) is 32.8 Å². The summed E-state index contributed by atoms with van der Waals surface area (Å²) in [6, 6.07) is 2.52. The van der Waals surface area contributed by atoms with Gasteiger partial charge in [0.05, 0.1) is 4.90 Å². The van der Waals surface area contributed by atoms with Crippen molar-refractivity contribution in [3.63, 3.8) is 0 Å². The molecule has 1 aromatic rings. The van der Waals surface area contributed by atoms with Crippen LogP contribution < -0.4 is 5.56 Å². The smallest absolute Gasteiger partial charge is 0.251 e. The molecule has 1 aliphatic heterocycles. The monoisotopic (exact) mass is 341 g/mol. The third-order valence-electron chi connectivity index (χ3n) is 4.08. The molecule has 1 saturated heterocycles. The van der Waals surface area contributed by atoms with E-state index in [0.29, 0.717) is 26.2 Å². The summed E-state index contributed by atoms with van der Waals surface area (Å²) in [5.41, 5.74) is -0.383. The van der Waals surface area contributed by atoms with E-state index in [1.165, 1.54) is 27.2 Å². The normalized spacial score (nSPS) is 15.7. The molecule has 2 rings (SSSR count). The van der Waals surface area contributed by atoms with Crippen LogP contribution in [0.2, 0.25) is 0 Å². The number of likely N-dealkylation sites (N-methyl/N-ethyl adjacent to an activating group) is 1. The molecule has 0 aromatic carbocycles. The highest BCUT2D eigenvalue weighted by Gasteiger charge is 2.27. The Morgan fingerprint density at radius 2 is 1.78 bits per heavy atom. The van der Waals surface area contributed by atoms with Crippen LogP contribution in [0.1, 0.15) is 26.7 Å². The minimum atomic E-state index is -3.60. The molecular weight excluding hydrogens is 318 g/mol. The van der Waals surface area contributed by atoms with E-state index in [4.69, 9.17) is 0 Å². The second-order valence-corrected chi connectivity index (χ2v) is 7.45. The summed E-state index contributed by atoms with van der Waals surface area (Å²) in [6.07, 6.45) is 2.97. The molecule has 0 aliphatic carbocycles. The molecule has 1 amide bonds. The van der Waals surface area contributed by atoms with Crippen LogP contribution >= 0.6 is 0 Å². The average molecular weight is 341 g/mol. The van der Waals surface area contributed by atoms with Crippen LogP contribution in [-0.2, 0) is 21.4 Å². The Morgan fingerprint density at radius 3 is 2.35 bits per heavy atom. The number of aromatic nitrogens is 1. The maximum absolute atomic E-state index is 12.5. The van der Waals surface area contributed by atoms with Crippen molar-refractivity contribution in [2.45, 2.75) is 38.1 Å². The molecular formula is C15H23N3O4S. The molecule has 1 aromatic heterocycles. The molecule has 0 N–H and O–H groups in total. The largest absolute Gasteiger partial charge is 0.342 e. The van der Waals surface area contributed by atoms with E-state index in [1.54, 1.807) is 4.90 Å². The molecule has 23 heavy (non-hydrogen) atoms. The van der Waals surface area contributed by atoms with Crippen molar-refractivity contribution in [2.24, 2.45) is 0 Å². The van der Waals surface area contributed by atoms with Crippen molar-refractivity contribution in [2.75, 3.05) is 26.2 Å². The Balaban J connectivity index is 2.29. The van der Waals surface area contributed by atoms with Gasteiger partial charge in [-0.3, -0.25) is 9.59 Å². The van der Waals surface area contributed by atoms with Gasteiger partial charge in [-0.1, -0.05) is 0 Å². The molecule has 0 unspecified atom stereocenters.